The van der Waals surface area contributed by atoms with Crippen LogP contribution in [0.3, 0.4) is 0 Å². The van der Waals surface area contributed by atoms with Gasteiger partial charge in [0, 0.05) is 16.6 Å². The van der Waals surface area contributed by atoms with Crippen LogP contribution in [0.25, 0.3) is 0 Å². The molecule has 1 amide bonds. The number of nitrogens with zero attached hydrogens (tertiary/aromatic N) is 1. The molecule has 4 saturated carbocycles. The fraction of sp³-hybridized carbons (Fsp3) is 0.652. The largest absolute Gasteiger partial charge is 0.456 e. The molecule has 4 aliphatic carbocycles. The minimum absolute atomic E-state index is 0.0887. The number of anilines is 1. The molecule has 2 atom stereocenters. The van der Waals surface area contributed by atoms with Crippen molar-refractivity contribution in [1.82, 2.24) is 0 Å². The van der Waals surface area contributed by atoms with Gasteiger partial charge in [0.15, 0.2) is 6.61 Å². The van der Waals surface area contributed by atoms with E-state index in [0.29, 0.717) is 13.0 Å². The molecule has 4 fully saturated rings. The Hall–Kier alpha value is -1.36. The first-order chi connectivity index (χ1) is 13.4. The number of hydrogen-bond donors (Lipinski definition) is 0. The summed E-state index contributed by atoms with van der Waals surface area (Å²) in [4.78, 5) is 27.2. The van der Waals surface area contributed by atoms with Gasteiger partial charge < -0.3 is 9.64 Å². The second-order valence-corrected chi connectivity index (χ2v) is 11.4. The number of hydrogen-bond acceptors (Lipinski definition) is 3. The van der Waals surface area contributed by atoms with Gasteiger partial charge in [0.05, 0.1) is 6.42 Å². The first-order valence-electron chi connectivity index (χ1n) is 10.7. The van der Waals surface area contributed by atoms with Crippen molar-refractivity contribution in [2.24, 2.45) is 17.3 Å². The van der Waals surface area contributed by atoms with Gasteiger partial charge in [0.2, 0.25) is 0 Å². The van der Waals surface area contributed by atoms with Crippen molar-refractivity contribution in [2.75, 3.05) is 18.1 Å². The van der Waals surface area contributed by atoms with Crippen molar-refractivity contribution in [3.05, 3.63) is 29.8 Å². The van der Waals surface area contributed by atoms with Gasteiger partial charge >= 0.3 is 5.97 Å². The Morgan fingerprint density at radius 1 is 1.14 bits per heavy atom. The highest BCUT2D eigenvalue weighted by Gasteiger charge is 2.57. The molecule has 5 heteroatoms. The molecule has 0 aromatic heterocycles. The van der Waals surface area contributed by atoms with E-state index in [9.17, 15) is 9.59 Å². The van der Waals surface area contributed by atoms with E-state index in [1.165, 1.54) is 24.8 Å². The van der Waals surface area contributed by atoms with E-state index in [-0.39, 0.29) is 28.2 Å². The van der Waals surface area contributed by atoms with Crippen molar-refractivity contribution in [1.29, 1.82) is 0 Å². The first kappa shape index (κ1) is 18.7. The molecule has 1 aliphatic heterocycles. The summed E-state index contributed by atoms with van der Waals surface area (Å²) in [6.07, 6.45) is 9.65. The number of ether oxygens (including phenoxy) is 1. The van der Waals surface area contributed by atoms with Crippen molar-refractivity contribution >= 4 is 33.5 Å². The number of fused-ring (bicyclic) bond motifs is 1. The minimum Gasteiger partial charge on any atom is -0.456 e. The fourth-order valence-electron chi connectivity index (χ4n) is 6.91. The molecule has 0 unspecified atom stereocenters. The van der Waals surface area contributed by atoms with Gasteiger partial charge in [-0.25, -0.2) is 0 Å². The topological polar surface area (TPSA) is 46.6 Å². The van der Waals surface area contributed by atoms with Crippen molar-refractivity contribution < 1.29 is 14.3 Å². The highest BCUT2D eigenvalue weighted by atomic mass is 79.9. The van der Waals surface area contributed by atoms with E-state index in [1.54, 1.807) is 4.90 Å². The number of para-hydroxylation sites is 1. The zero-order valence-corrected chi connectivity index (χ0v) is 17.9. The lowest BCUT2D eigenvalue weighted by Crippen LogP contribution is -2.53. The molecular formula is C23H28BrNO3. The second kappa shape index (κ2) is 6.86. The Balaban J connectivity index is 1.20. The second-order valence-electron chi connectivity index (χ2n) is 9.73. The molecule has 6 rings (SSSR count). The summed E-state index contributed by atoms with van der Waals surface area (Å²) in [5.41, 5.74) is 2.26. The minimum atomic E-state index is -0.198. The van der Waals surface area contributed by atoms with E-state index in [0.717, 1.165) is 49.6 Å². The summed E-state index contributed by atoms with van der Waals surface area (Å²) < 4.78 is 5.74. The van der Waals surface area contributed by atoms with Crippen molar-refractivity contribution in [2.45, 2.75) is 62.1 Å². The lowest BCUT2D eigenvalue weighted by molar-refractivity contribution is -0.154. The van der Waals surface area contributed by atoms with Crippen LogP contribution < -0.4 is 4.90 Å². The van der Waals surface area contributed by atoms with Gasteiger partial charge in [-0.15, -0.1) is 0 Å². The van der Waals surface area contributed by atoms with Crippen LogP contribution in [0.15, 0.2) is 24.3 Å². The Labute approximate surface area is 175 Å². The molecule has 28 heavy (non-hydrogen) atoms. The number of esters is 1. The van der Waals surface area contributed by atoms with E-state index in [2.05, 4.69) is 22.0 Å². The predicted octanol–water partition coefficient (Wildman–Crippen LogP) is 4.63. The van der Waals surface area contributed by atoms with E-state index in [4.69, 9.17) is 4.74 Å². The lowest BCUT2D eigenvalue weighted by Gasteiger charge is -2.60. The van der Waals surface area contributed by atoms with Gasteiger partial charge in [-0.05, 0) is 80.2 Å². The number of halogens is 1. The summed E-state index contributed by atoms with van der Waals surface area (Å²) in [6, 6.07) is 8.03. The third kappa shape index (κ3) is 3.40. The third-order valence-electron chi connectivity index (χ3n) is 7.40. The lowest BCUT2D eigenvalue weighted by atomic mass is 9.49. The number of carbonyl (C=O) groups excluding carboxylic acids is 2. The van der Waals surface area contributed by atoms with Gasteiger partial charge in [0.1, 0.15) is 0 Å². The average Bonchev–Trinajstić information content (AvgIpc) is 2.63. The molecule has 0 spiro atoms. The van der Waals surface area contributed by atoms with Crippen LogP contribution in [-0.4, -0.2) is 29.4 Å². The maximum Gasteiger partial charge on any atom is 0.306 e. The van der Waals surface area contributed by atoms with Crippen LogP contribution in [0, 0.1) is 17.3 Å². The third-order valence-corrected chi connectivity index (χ3v) is 8.33. The average molecular weight is 446 g/mol. The summed E-state index contributed by atoms with van der Waals surface area (Å²) in [5.74, 6) is 1.19. The summed E-state index contributed by atoms with van der Waals surface area (Å²) in [5, 5.41) is 0. The molecule has 4 nitrogen and oxygen atoms in total. The highest BCUT2D eigenvalue weighted by molar-refractivity contribution is 9.10. The molecule has 0 N–H and O–H groups in total. The molecule has 0 radical (unpaired) electrons. The van der Waals surface area contributed by atoms with Gasteiger partial charge in [-0.1, -0.05) is 34.1 Å². The predicted molar refractivity (Wildman–Crippen MR) is 111 cm³/mol. The smallest absolute Gasteiger partial charge is 0.306 e. The molecule has 150 valence electrons. The number of amides is 1. The SMILES string of the molecule is O=C(CC12C[C@H]3C[C@@H](CC(Br)(C3)C1)C2)OCC(=O)N1CCCc2ccccc21. The normalized spacial score (nSPS) is 35.5. The number of rotatable bonds is 4. The molecule has 5 aliphatic rings. The first-order valence-corrected chi connectivity index (χ1v) is 11.5. The quantitative estimate of drug-likeness (QED) is 0.501. The van der Waals surface area contributed by atoms with Crippen LogP contribution in [0.1, 0.15) is 56.9 Å². The number of alkyl halides is 1. The van der Waals surface area contributed by atoms with Crippen LogP contribution >= 0.6 is 15.9 Å². The zero-order chi connectivity index (χ0) is 19.4. The van der Waals surface area contributed by atoms with Crippen LogP contribution in [-0.2, 0) is 20.7 Å². The maximum atomic E-state index is 12.7. The maximum absolute atomic E-state index is 12.7. The van der Waals surface area contributed by atoms with E-state index < -0.39 is 0 Å². The fourth-order valence-corrected chi connectivity index (χ4v) is 8.42. The highest BCUT2D eigenvalue weighted by Crippen LogP contribution is 2.65. The van der Waals surface area contributed by atoms with Crippen LogP contribution in [0.5, 0.6) is 0 Å². The Morgan fingerprint density at radius 2 is 1.89 bits per heavy atom. The van der Waals surface area contributed by atoms with Crippen molar-refractivity contribution in [3.63, 3.8) is 0 Å². The van der Waals surface area contributed by atoms with Crippen LogP contribution in [0.4, 0.5) is 5.69 Å². The molecule has 1 aromatic carbocycles. The molecule has 1 heterocycles. The zero-order valence-electron chi connectivity index (χ0n) is 16.3. The van der Waals surface area contributed by atoms with Gasteiger partial charge in [0.25, 0.3) is 5.91 Å². The van der Waals surface area contributed by atoms with E-state index >= 15 is 0 Å². The van der Waals surface area contributed by atoms with Crippen molar-refractivity contribution in [3.8, 4) is 0 Å². The van der Waals surface area contributed by atoms with E-state index in [1.807, 2.05) is 18.2 Å². The standard InChI is InChI=1S/C23H28BrNO3/c24-23-11-16-8-17(12-23)10-22(9-16,15-23)13-21(27)28-14-20(26)25-7-3-5-18-4-1-2-6-19(18)25/h1-2,4,6,16-17H,3,5,7-15H2/t16-,17-,22?,23?/m1/s1. The number of benzene rings is 1. The summed E-state index contributed by atoms with van der Waals surface area (Å²) >= 11 is 4.00. The summed E-state index contributed by atoms with van der Waals surface area (Å²) in [6.45, 7) is 0.558. The molecule has 0 saturated heterocycles. The Kier molecular flexibility index (Phi) is 4.57. The monoisotopic (exact) mass is 445 g/mol. The summed E-state index contributed by atoms with van der Waals surface area (Å²) in [7, 11) is 0. The molecular weight excluding hydrogens is 418 g/mol. The molecule has 4 bridgehead atoms. The Bertz CT molecular complexity index is 793. The van der Waals surface area contributed by atoms with Gasteiger partial charge in [-0.2, -0.15) is 0 Å². The van der Waals surface area contributed by atoms with Gasteiger partial charge in [-0.3, -0.25) is 9.59 Å². The number of carbonyl (C=O) groups is 2. The number of aryl methyl sites for hydroxylation is 1. The Morgan fingerprint density at radius 3 is 2.64 bits per heavy atom. The van der Waals surface area contributed by atoms with Crippen LogP contribution in [0.2, 0.25) is 0 Å². The molecule has 1 aromatic rings.